The van der Waals surface area contributed by atoms with Gasteiger partial charge in [0.2, 0.25) is 6.61 Å². The van der Waals surface area contributed by atoms with E-state index in [-0.39, 0.29) is 5.75 Å². The van der Waals surface area contributed by atoms with E-state index < -0.39 is 18.7 Å². The van der Waals surface area contributed by atoms with E-state index in [2.05, 4.69) is 57.8 Å². The lowest BCUT2D eigenvalue weighted by Crippen LogP contribution is -2.03. The molecule has 0 heterocycles. The minimum atomic E-state index is -1.12. The topological polar surface area (TPSA) is 109 Å². The zero-order valence-electron chi connectivity index (χ0n) is 16.2. The van der Waals surface area contributed by atoms with Crippen LogP contribution in [-0.4, -0.2) is 34.1 Å². The van der Waals surface area contributed by atoms with Crippen molar-refractivity contribution < 1.29 is 29.7 Å². The molecular formula is C22H16Br3NO6. The van der Waals surface area contributed by atoms with Crippen molar-refractivity contribution in [1.82, 2.24) is 0 Å². The minimum absolute atomic E-state index is 0.0566. The molecule has 10 heteroatoms. The van der Waals surface area contributed by atoms with Crippen molar-refractivity contribution in [3.63, 3.8) is 0 Å². The molecule has 0 aliphatic heterocycles. The predicted octanol–water partition coefficient (Wildman–Crippen LogP) is 5.99. The summed E-state index contributed by atoms with van der Waals surface area (Å²) in [5, 5.41) is 33.2. The molecule has 1 atom stereocenters. The molecule has 0 saturated carbocycles. The lowest BCUT2D eigenvalue weighted by Gasteiger charge is -2.16. The molecule has 0 amide bonds. The second kappa shape index (κ2) is 11.0. The van der Waals surface area contributed by atoms with Gasteiger partial charge in [-0.2, -0.15) is 0 Å². The molecular weight excluding hydrogens is 614 g/mol. The van der Waals surface area contributed by atoms with E-state index in [1.54, 1.807) is 36.4 Å². The third kappa shape index (κ3) is 6.32. The first-order chi connectivity index (χ1) is 15.2. The number of carbonyl (C=O) groups is 1. The second-order valence-corrected chi connectivity index (χ2v) is 9.12. The average Bonchev–Trinajstić information content (AvgIpc) is 2.75. The largest absolute Gasteiger partial charge is 0.508 e. The summed E-state index contributed by atoms with van der Waals surface area (Å²) in [6, 6.07) is 15.2. The SMILES string of the molecule is O=C(O)CON=Cc1cc(Br)c(Oc2ccc(O)c(C(O)c3ccc(Br)cc3)c2)c(Br)c1. The van der Waals surface area contributed by atoms with Crippen LogP contribution in [-0.2, 0) is 9.63 Å². The zero-order chi connectivity index (χ0) is 23.3. The number of aromatic hydroxyl groups is 1. The normalized spacial score (nSPS) is 12.0. The van der Waals surface area contributed by atoms with Crippen molar-refractivity contribution in [3.05, 3.63) is 84.7 Å². The quantitative estimate of drug-likeness (QED) is 0.209. The number of hydrogen-bond donors (Lipinski definition) is 3. The molecule has 0 aliphatic carbocycles. The van der Waals surface area contributed by atoms with Crippen LogP contribution in [0.15, 0.2) is 73.2 Å². The van der Waals surface area contributed by atoms with E-state index in [1.807, 2.05) is 12.1 Å². The van der Waals surface area contributed by atoms with Crippen molar-refractivity contribution >= 4 is 60.0 Å². The summed E-state index contributed by atoms with van der Waals surface area (Å²) in [7, 11) is 0. The summed E-state index contributed by atoms with van der Waals surface area (Å²) in [6.07, 6.45) is 0.332. The standard InChI is InChI=1S/C22H16Br3NO6/c23-14-3-1-13(2-4-14)21(30)16-9-15(5-6-19(16)27)32-22-17(24)7-12(8-18(22)25)10-26-31-11-20(28)29/h1-10,21,27,30H,11H2,(H,28,29). The van der Waals surface area contributed by atoms with Gasteiger partial charge in [0.05, 0.1) is 15.2 Å². The Morgan fingerprint density at radius 1 is 1.03 bits per heavy atom. The van der Waals surface area contributed by atoms with Gasteiger partial charge in [-0.1, -0.05) is 33.2 Å². The van der Waals surface area contributed by atoms with Gasteiger partial charge in [0.15, 0.2) is 5.75 Å². The number of carboxylic acids is 1. The van der Waals surface area contributed by atoms with Gasteiger partial charge in [0.25, 0.3) is 0 Å². The fourth-order valence-electron chi connectivity index (χ4n) is 2.70. The van der Waals surface area contributed by atoms with Crippen LogP contribution in [0.5, 0.6) is 17.2 Å². The van der Waals surface area contributed by atoms with Crippen LogP contribution in [0.3, 0.4) is 0 Å². The fourth-order valence-corrected chi connectivity index (χ4v) is 4.35. The van der Waals surface area contributed by atoms with Crippen molar-refractivity contribution in [2.24, 2.45) is 5.16 Å². The van der Waals surface area contributed by atoms with E-state index in [4.69, 9.17) is 9.84 Å². The van der Waals surface area contributed by atoms with Gasteiger partial charge >= 0.3 is 5.97 Å². The number of ether oxygens (including phenoxy) is 1. The Balaban J connectivity index is 1.82. The highest BCUT2D eigenvalue weighted by molar-refractivity contribution is 9.11. The summed E-state index contributed by atoms with van der Waals surface area (Å²) in [5.41, 5.74) is 1.56. The molecule has 0 fully saturated rings. The van der Waals surface area contributed by atoms with Gasteiger partial charge in [-0.15, -0.1) is 0 Å². The third-order valence-corrected chi connectivity index (χ3v) is 5.89. The number of nitrogens with zero attached hydrogens (tertiary/aromatic N) is 1. The Morgan fingerprint density at radius 3 is 2.31 bits per heavy atom. The van der Waals surface area contributed by atoms with Crippen molar-refractivity contribution in [2.45, 2.75) is 6.10 Å². The molecule has 166 valence electrons. The van der Waals surface area contributed by atoms with Crippen LogP contribution >= 0.6 is 47.8 Å². The number of aliphatic hydroxyl groups excluding tert-OH is 1. The van der Waals surface area contributed by atoms with Gasteiger partial charge in [0.1, 0.15) is 17.6 Å². The second-order valence-electron chi connectivity index (χ2n) is 6.49. The first kappa shape index (κ1) is 24.2. The number of oxime groups is 1. The number of halogens is 3. The number of hydrogen-bond acceptors (Lipinski definition) is 6. The van der Waals surface area contributed by atoms with Gasteiger partial charge in [-0.3, -0.25) is 0 Å². The number of benzene rings is 3. The number of phenols is 1. The van der Waals surface area contributed by atoms with E-state index >= 15 is 0 Å². The molecule has 3 N–H and O–H groups in total. The van der Waals surface area contributed by atoms with Crippen molar-refractivity contribution in [2.75, 3.05) is 6.61 Å². The Bertz CT molecular complexity index is 1130. The van der Waals surface area contributed by atoms with Crippen LogP contribution in [0.2, 0.25) is 0 Å². The number of aliphatic carboxylic acids is 1. The molecule has 0 aromatic heterocycles. The molecule has 3 rings (SSSR count). The first-order valence-electron chi connectivity index (χ1n) is 9.05. The van der Waals surface area contributed by atoms with Crippen LogP contribution in [0.4, 0.5) is 0 Å². The molecule has 32 heavy (non-hydrogen) atoms. The van der Waals surface area contributed by atoms with Crippen molar-refractivity contribution in [1.29, 1.82) is 0 Å². The molecule has 1 unspecified atom stereocenters. The van der Waals surface area contributed by atoms with Crippen LogP contribution in [0.25, 0.3) is 0 Å². The van der Waals surface area contributed by atoms with E-state index in [0.29, 0.717) is 37.1 Å². The summed E-state index contributed by atoms with van der Waals surface area (Å²) in [6.45, 7) is -0.532. The zero-order valence-corrected chi connectivity index (χ0v) is 21.0. The Hall–Kier alpha value is -2.40. The van der Waals surface area contributed by atoms with Crippen molar-refractivity contribution in [3.8, 4) is 17.2 Å². The molecule has 0 spiro atoms. The summed E-state index contributed by atoms with van der Waals surface area (Å²) in [5.74, 6) is -0.310. The Morgan fingerprint density at radius 2 is 1.69 bits per heavy atom. The third-order valence-electron chi connectivity index (χ3n) is 4.18. The molecule has 0 bridgehead atoms. The number of aliphatic hydroxyl groups is 1. The van der Waals surface area contributed by atoms with Gasteiger partial charge in [-0.25, -0.2) is 4.79 Å². The number of rotatable bonds is 8. The van der Waals surface area contributed by atoms with E-state index in [0.717, 1.165) is 4.47 Å². The highest BCUT2D eigenvalue weighted by Crippen LogP contribution is 2.40. The lowest BCUT2D eigenvalue weighted by molar-refractivity contribution is -0.142. The smallest absolute Gasteiger partial charge is 0.344 e. The summed E-state index contributed by atoms with van der Waals surface area (Å²) in [4.78, 5) is 15.1. The average molecular weight is 630 g/mol. The molecule has 3 aromatic carbocycles. The monoisotopic (exact) mass is 627 g/mol. The van der Waals surface area contributed by atoms with Gasteiger partial charge < -0.3 is 24.9 Å². The Kier molecular flexibility index (Phi) is 8.30. The Labute approximate surface area is 208 Å². The number of phenolic OH excluding ortho intramolecular Hbond substituents is 1. The first-order valence-corrected chi connectivity index (χ1v) is 11.4. The maximum atomic E-state index is 10.7. The highest BCUT2D eigenvalue weighted by Gasteiger charge is 2.17. The molecule has 0 saturated heterocycles. The summed E-state index contributed by atoms with van der Waals surface area (Å²) < 4.78 is 8.04. The summed E-state index contributed by atoms with van der Waals surface area (Å²) >= 11 is 10.2. The molecule has 3 aromatic rings. The number of carboxylic acid groups (broad SMARTS) is 1. The minimum Gasteiger partial charge on any atom is -0.508 e. The molecule has 0 aliphatic rings. The van der Waals surface area contributed by atoms with Gasteiger partial charge in [-0.05, 0) is 85.5 Å². The van der Waals surface area contributed by atoms with Crippen LogP contribution in [0, 0.1) is 0 Å². The maximum Gasteiger partial charge on any atom is 0.344 e. The lowest BCUT2D eigenvalue weighted by atomic mass is 10.0. The maximum absolute atomic E-state index is 10.7. The molecule has 0 radical (unpaired) electrons. The van der Waals surface area contributed by atoms with E-state index in [9.17, 15) is 15.0 Å². The van der Waals surface area contributed by atoms with Gasteiger partial charge in [0, 0.05) is 10.0 Å². The van der Waals surface area contributed by atoms with Crippen LogP contribution in [0.1, 0.15) is 22.8 Å². The molecule has 7 nitrogen and oxygen atoms in total. The van der Waals surface area contributed by atoms with E-state index in [1.165, 1.54) is 12.3 Å². The van der Waals surface area contributed by atoms with Crippen LogP contribution < -0.4 is 4.74 Å². The fraction of sp³-hybridized carbons (Fsp3) is 0.0909. The highest BCUT2D eigenvalue weighted by atomic mass is 79.9. The predicted molar refractivity (Wildman–Crippen MR) is 129 cm³/mol.